The van der Waals surface area contributed by atoms with Crippen LogP contribution >= 0.6 is 11.3 Å². The summed E-state index contributed by atoms with van der Waals surface area (Å²) >= 11 is 1.53. The number of aliphatic carboxylic acids is 1. The molecule has 1 aliphatic heterocycles. The number of thiophene rings is 1. The lowest BCUT2D eigenvalue weighted by Crippen LogP contribution is -2.38. The second-order valence-electron chi connectivity index (χ2n) is 5.55. The Hall–Kier alpha value is -1.99. The van der Waals surface area contributed by atoms with Gasteiger partial charge in [0, 0.05) is 37.5 Å². The summed E-state index contributed by atoms with van der Waals surface area (Å²) in [6.07, 6.45) is 5.08. The molecule has 0 aromatic carbocycles. The van der Waals surface area contributed by atoms with Gasteiger partial charge in [0.2, 0.25) is 0 Å². The van der Waals surface area contributed by atoms with Gasteiger partial charge in [0.15, 0.2) is 0 Å². The molecule has 23 heavy (non-hydrogen) atoms. The number of ether oxygens (including phenoxy) is 1. The fourth-order valence-corrected chi connectivity index (χ4v) is 3.55. The fourth-order valence-electron chi connectivity index (χ4n) is 2.77. The maximum atomic E-state index is 12.9. The molecule has 0 saturated carbocycles. The Morgan fingerprint density at radius 1 is 1.43 bits per heavy atom. The molecule has 3 heterocycles. The van der Waals surface area contributed by atoms with E-state index in [-0.39, 0.29) is 25.0 Å². The first kappa shape index (κ1) is 15.9. The van der Waals surface area contributed by atoms with Gasteiger partial charge in [0.05, 0.1) is 22.8 Å². The van der Waals surface area contributed by atoms with Crippen molar-refractivity contribution >= 4 is 33.3 Å². The zero-order chi connectivity index (χ0) is 16.2. The van der Waals surface area contributed by atoms with Crippen LogP contribution in [0.3, 0.4) is 0 Å². The highest BCUT2D eigenvalue weighted by Gasteiger charge is 2.25. The second kappa shape index (κ2) is 7.06. The van der Waals surface area contributed by atoms with Crippen LogP contribution in [-0.2, 0) is 9.53 Å². The molecule has 1 fully saturated rings. The number of carboxylic acids is 1. The van der Waals surface area contributed by atoms with Crippen molar-refractivity contribution in [3.8, 4) is 0 Å². The van der Waals surface area contributed by atoms with E-state index in [4.69, 9.17) is 9.84 Å². The normalized spacial score (nSPS) is 17.5. The lowest BCUT2D eigenvalue weighted by Gasteiger charge is -2.25. The summed E-state index contributed by atoms with van der Waals surface area (Å²) in [6.45, 7) is 1.30. The van der Waals surface area contributed by atoms with E-state index in [1.54, 1.807) is 17.3 Å². The molecule has 1 N–H and O–H groups in total. The van der Waals surface area contributed by atoms with Crippen molar-refractivity contribution in [1.82, 2.24) is 9.88 Å². The van der Waals surface area contributed by atoms with E-state index in [0.717, 1.165) is 22.9 Å². The highest BCUT2D eigenvalue weighted by molar-refractivity contribution is 7.17. The number of carbonyl (C=O) groups excluding carboxylic acids is 1. The van der Waals surface area contributed by atoms with E-state index < -0.39 is 5.97 Å². The topological polar surface area (TPSA) is 79.7 Å². The molecule has 1 atom stereocenters. The minimum Gasteiger partial charge on any atom is -0.481 e. The van der Waals surface area contributed by atoms with Gasteiger partial charge in [-0.2, -0.15) is 0 Å². The van der Waals surface area contributed by atoms with Crippen LogP contribution in [0.25, 0.3) is 10.1 Å². The average molecular weight is 334 g/mol. The minimum atomic E-state index is -0.915. The summed E-state index contributed by atoms with van der Waals surface area (Å²) in [6, 6.07) is 1.90. The first-order valence-corrected chi connectivity index (χ1v) is 8.47. The predicted molar refractivity (Wildman–Crippen MR) is 86.8 cm³/mol. The Labute approximate surface area is 137 Å². The van der Waals surface area contributed by atoms with E-state index in [2.05, 4.69) is 4.98 Å². The largest absolute Gasteiger partial charge is 0.481 e. The van der Waals surface area contributed by atoms with E-state index in [0.29, 0.717) is 18.7 Å². The monoisotopic (exact) mass is 334 g/mol. The number of hydrogen-bond acceptors (Lipinski definition) is 5. The van der Waals surface area contributed by atoms with Crippen molar-refractivity contribution in [2.75, 3.05) is 19.7 Å². The van der Waals surface area contributed by atoms with Gasteiger partial charge in [0.1, 0.15) is 0 Å². The number of amides is 1. The number of hydrogen-bond donors (Lipinski definition) is 1. The van der Waals surface area contributed by atoms with Crippen molar-refractivity contribution in [1.29, 1.82) is 0 Å². The van der Waals surface area contributed by atoms with Crippen LogP contribution in [0.1, 0.15) is 29.6 Å². The van der Waals surface area contributed by atoms with E-state index in [9.17, 15) is 9.59 Å². The lowest BCUT2D eigenvalue weighted by molar-refractivity contribution is -0.137. The summed E-state index contributed by atoms with van der Waals surface area (Å²) in [7, 11) is 0. The molecule has 122 valence electrons. The molecule has 1 saturated heterocycles. The number of rotatable bonds is 6. The smallest absolute Gasteiger partial charge is 0.305 e. The molecular weight excluding hydrogens is 316 g/mol. The number of fused-ring (bicyclic) bond motifs is 1. The molecule has 0 radical (unpaired) electrons. The van der Waals surface area contributed by atoms with Gasteiger partial charge in [-0.15, -0.1) is 11.3 Å². The first-order chi connectivity index (χ1) is 11.1. The van der Waals surface area contributed by atoms with Crippen molar-refractivity contribution in [2.24, 2.45) is 0 Å². The van der Waals surface area contributed by atoms with Crippen LogP contribution < -0.4 is 0 Å². The van der Waals surface area contributed by atoms with Crippen LogP contribution in [0.4, 0.5) is 0 Å². The van der Waals surface area contributed by atoms with Crippen molar-refractivity contribution in [3.05, 3.63) is 29.4 Å². The number of aromatic nitrogens is 1. The Balaban J connectivity index is 1.83. The molecule has 1 aliphatic rings. The average Bonchev–Trinajstić information content (AvgIpc) is 3.21. The summed E-state index contributed by atoms with van der Waals surface area (Å²) in [4.78, 5) is 29.5. The Morgan fingerprint density at radius 3 is 3.04 bits per heavy atom. The Morgan fingerprint density at radius 2 is 2.30 bits per heavy atom. The third-order valence-corrected chi connectivity index (χ3v) is 4.79. The van der Waals surface area contributed by atoms with Crippen LogP contribution in [0.2, 0.25) is 0 Å². The van der Waals surface area contributed by atoms with Gasteiger partial charge in [-0.1, -0.05) is 0 Å². The van der Waals surface area contributed by atoms with Gasteiger partial charge in [-0.3, -0.25) is 14.6 Å². The summed E-state index contributed by atoms with van der Waals surface area (Å²) in [5, 5.41) is 11.7. The maximum absolute atomic E-state index is 12.9. The zero-order valence-corrected chi connectivity index (χ0v) is 13.4. The molecule has 0 spiro atoms. The standard InChI is InChI=1S/C16H18N2O4S/c19-15(20)3-5-18(10-11-2-1-6-22-11)16(21)13-8-17-9-14-12(13)4-7-23-14/h4,7-9,11H,1-3,5-6,10H2,(H,19,20). The zero-order valence-electron chi connectivity index (χ0n) is 12.6. The van der Waals surface area contributed by atoms with Crippen LogP contribution in [0.15, 0.2) is 23.8 Å². The molecule has 6 nitrogen and oxygen atoms in total. The molecule has 1 amide bonds. The molecule has 1 unspecified atom stereocenters. The van der Waals surface area contributed by atoms with Crippen molar-refractivity contribution in [2.45, 2.75) is 25.4 Å². The number of nitrogens with zero attached hydrogens (tertiary/aromatic N) is 2. The summed E-state index contributed by atoms with van der Waals surface area (Å²) in [5.41, 5.74) is 0.520. The number of pyridine rings is 1. The quantitative estimate of drug-likeness (QED) is 0.877. The number of carbonyl (C=O) groups is 2. The Bertz CT molecular complexity index is 709. The van der Waals surface area contributed by atoms with Gasteiger partial charge in [-0.25, -0.2) is 0 Å². The van der Waals surface area contributed by atoms with E-state index in [1.165, 1.54) is 11.3 Å². The SMILES string of the molecule is O=C(O)CCN(CC1CCCO1)C(=O)c1cncc2sccc12. The third kappa shape index (κ3) is 3.68. The second-order valence-corrected chi connectivity index (χ2v) is 6.50. The first-order valence-electron chi connectivity index (χ1n) is 7.59. The van der Waals surface area contributed by atoms with Gasteiger partial charge in [0.25, 0.3) is 5.91 Å². The predicted octanol–water partition coefficient (Wildman–Crippen LogP) is 2.39. The van der Waals surface area contributed by atoms with Gasteiger partial charge in [-0.05, 0) is 24.3 Å². The van der Waals surface area contributed by atoms with Crippen LogP contribution in [0.5, 0.6) is 0 Å². The minimum absolute atomic E-state index is 0.0117. The van der Waals surface area contributed by atoms with Gasteiger partial charge < -0.3 is 14.7 Å². The molecule has 0 bridgehead atoms. The summed E-state index contributed by atoms with van der Waals surface area (Å²) < 4.78 is 6.54. The molecule has 0 aliphatic carbocycles. The molecule has 7 heteroatoms. The lowest BCUT2D eigenvalue weighted by atomic mass is 10.1. The molecule has 2 aromatic heterocycles. The van der Waals surface area contributed by atoms with Crippen molar-refractivity contribution < 1.29 is 19.4 Å². The number of carboxylic acid groups (broad SMARTS) is 1. The van der Waals surface area contributed by atoms with Crippen molar-refractivity contribution in [3.63, 3.8) is 0 Å². The third-order valence-electron chi connectivity index (χ3n) is 3.94. The highest BCUT2D eigenvalue weighted by Crippen LogP contribution is 2.24. The molecule has 3 rings (SSSR count). The molecular formula is C16H18N2O4S. The highest BCUT2D eigenvalue weighted by atomic mass is 32.1. The fraction of sp³-hybridized carbons (Fsp3) is 0.438. The van der Waals surface area contributed by atoms with Gasteiger partial charge >= 0.3 is 5.97 Å². The van der Waals surface area contributed by atoms with E-state index >= 15 is 0 Å². The van der Waals surface area contributed by atoms with E-state index in [1.807, 2.05) is 11.4 Å². The Kier molecular flexibility index (Phi) is 4.88. The summed E-state index contributed by atoms with van der Waals surface area (Å²) in [5.74, 6) is -1.10. The van der Waals surface area contributed by atoms with Crippen LogP contribution in [0, 0.1) is 0 Å². The van der Waals surface area contributed by atoms with Crippen LogP contribution in [-0.4, -0.2) is 52.7 Å². The molecule has 2 aromatic rings. The maximum Gasteiger partial charge on any atom is 0.305 e.